The van der Waals surface area contributed by atoms with Crippen molar-refractivity contribution in [2.24, 2.45) is 0 Å². The highest BCUT2D eigenvalue weighted by Crippen LogP contribution is 2.25. The molecule has 5 nitrogen and oxygen atoms in total. The summed E-state index contributed by atoms with van der Waals surface area (Å²) in [6.45, 7) is 2.43. The van der Waals surface area contributed by atoms with E-state index in [4.69, 9.17) is 9.47 Å². The molecule has 16 heavy (non-hydrogen) atoms. The van der Waals surface area contributed by atoms with Crippen molar-refractivity contribution in [3.63, 3.8) is 0 Å². The van der Waals surface area contributed by atoms with Gasteiger partial charge in [-0.3, -0.25) is 0 Å². The molecule has 0 fully saturated rings. The maximum atomic E-state index is 11.3. The first-order valence-electron chi connectivity index (χ1n) is 4.97. The summed E-state index contributed by atoms with van der Waals surface area (Å²) in [6.07, 6.45) is 0. The normalized spacial score (nSPS) is 9.44. The standard InChI is InChI=1S/C11H16N2O3/c1-4-12-11(14)13-8-5-9(15-2)7-10(6-8)16-3/h5-7H,4H2,1-3H3,(H2,12,13,14). The van der Waals surface area contributed by atoms with Gasteiger partial charge >= 0.3 is 6.03 Å². The molecule has 0 heterocycles. The quantitative estimate of drug-likeness (QED) is 0.820. The molecular weight excluding hydrogens is 208 g/mol. The van der Waals surface area contributed by atoms with Crippen molar-refractivity contribution in [3.05, 3.63) is 18.2 Å². The minimum atomic E-state index is -0.252. The number of anilines is 1. The molecule has 1 aromatic carbocycles. The fraction of sp³-hybridized carbons (Fsp3) is 0.364. The highest BCUT2D eigenvalue weighted by atomic mass is 16.5. The Bertz CT molecular complexity index is 344. The fourth-order valence-corrected chi connectivity index (χ4v) is 1.22. The number of benzene rings is 1. The first-order chi connectivity index (χ1) is 7.69. The molecule has 0 saturated heterocycles. The van der Waals surface area contributed by atoms with Crippen LogP contribution in [0.4, 0.5) is 10.5 Å². The summed E-state index contributed by atoms with van der Waals surface area (Å²) in [5.74, 6) is 1.26. The maximum absolute atomic E-state index is 11.3. The summed E-state index contributed by atoms with van der Waals surface area (Å²) >= 11 is 0. The van der Waals surface area contributed by atoms with Gasteiger partial charge in [0.25, 0.3) is 0 Å². The molecule has 1 rings (SSSR count). The van der Waals surface area contributed by atoms with Gasteiger partial charge in [-0.1, -0.05) is 0 Å². The number of amides is 2. The molecule has 0 bridgehead atoms. The lowest BCUT2D eigenvalue weighted by molar-refractivity contribution is 0.252. The highest BCUT2D eigenvalue weighted by Gasteiger charge is 2.04. The molecule has 5 heteroatoms. The zero-order chi connectivity index (χ0) is 12.0. The average Bonchev–Trinajstić information content (AvgIpc) is 2.28. The SMILES string of the molecule is CCNC(=O)Nc1cc(OC)cc(OC)c1. The van der Waals surface area contributed by atoms with Crippen LogP contribution in [0.2, 0.25) is 0 Å². The van der Waals surface area contributed by atoms with Gasteiger partial charge in [-0.15, -0.1) is 0 Å². The molecule has 0 saturated carbocycles. The molecular formula is C11H16N2O3. The Hall–Kier alpha value is -1.91. The van der Waals surface area contributed by atoms with Crippen LogP contribution in [0.1, 0.15) is 6.92 Å². The van der Waals surface area contributed by atoms with Crippen molar-refractivity contribution in [1.29, 1.82) is 0 Å². The van der Waals surface area contributed by atoms with E-state index in [0.29, 0.717) is 23.7 Å². The fourth-order valence-electron chi connectivity index (χ4n) is 1.22. The molecule has 0 aliphatic heterocycles. The minimum Gasteiger partial charge on any atom is -0.497 e. The van der Waals surface area contributed by atoms with E-state index in [0.717, 1.165) is 0 Å². The molecule has 0 unspecified atom stereocenters. The van der Waals surface area contributed by atoms with E-state index in [2.05, 4.69) is 10.6 Å². The predicted octanol–water partition coefficient (Wildman–Crippen LogP) is 1.85. The number of hydrogen-bond acceptors (Lipinski definition) is 3. The first kappa shape index (κ1) is 12.2. The second-order valence-corrected chi connectivity index (χ2v) is 3.09. The summed E-state index contributed by atoms with van der Waals surface area (Å²) in [6, 6.07) is 4.93. The van der Waals surface area contributed by atoms with E-state index in [1.165, 1.54) is 0 Å². The van der Waals surface area contributed by atoms with Crippen molar-refractivity contribution >= 4 is 11.7 Å². The van der Waals surface area contributed by atoms with Gasteiger partial charge < -0.3 is 20.1 Å². The Morgan fingerprint density at radius 1 is 1.19 bits per heavy atom. The second kappa shape index (κ2) is 5.85. The monoisotopic (exact) mass is 224 g/mol. The Labute approximate surface area is 94.7 Å². The van der Waals surface area contributed by atoms with Gasteiger partial charge in [-0.25, -0.2) is 4.79 Å². The Morgan fingerprint density at radius 3 is 2.19 bits per heavy atom. The number of urea groups is 1. The summed E-state index contributed by atoms with van der Waals surface area (Å²) in [5, 5.41) is 5.32. The number of hydrogen-bond donors (Lipinski definition) is 2. The van der Waals surface area contributed by atoms with Crippen LogP contribution in [0, 0.1) is 0 Å². The molecule has 0 radical (unpaired) electrons. The van der Waals surface area contributed by atoms with Gasteiger partial charge in [0.2, 0.25) is 0 Å². The Morgan fingerprint density at radius 2 is 1.75 bits per heavy atom. The molecule has 1 aromatic rings. The van der Waals surface area contributed by atoms with Crippen molar-refractivity contribution in [2.75, 3.05) is 26.1 Å². The first-order valence-corrected chi connectivity index (χ1v) is 4.97. The van der Waals surface area contributed by atoms with E-state index >= 15 is 0 Å². The van der Waals surface area contributed by atoms with Crippen LogP contribution in [-0.2, 0) is 0 Å². The van der Waals surface area contributed by atoms with Gasteiger partial charge in [0.05, 0.1) is 14.2 Å². The summed E-state index contributed by atoms with van der Waals surface area (Å²) in [5.41, 5.74) is 0.627. The van der Waals surface area contributed by atoms with Gasteiger partial charge in [-0.2, -0.15) is 0 Å². The van der Waals surface area contributed by atoms with Crippen LogP contribution in [-0.4, -0.2) is 26.8 Å². The number of nitrogens with one attached hydrogen (secondary N) is 2. The van der Waals surface area contributed by atoms with Crippen LogP contribution < -0.4 is 20.1 Å². The molecule has 0 aliphatic rings. The number of ether oxygens (including phenoxy) is 2. The summed E-state index contributed by atoms with van der Waals surface area (Å²) < 4.78 is 10.2. The molecule has 0 spiro atoms. The maximum Gasteiger partial charge on any atom is 0.319 e. The van der Waals surface area contributed by atoms with E-state index in [1.807, 2.05) is 6.92 Å². The zero-order valence-electron chi connectivity index (χ0n) is 9.66. The summed E-state index contributed by atoms with van der Waals surface area (Å²) in [7, 11) is 3.12. The van der Waals surface area contributed by atoms with Crippen LogP contribution >= 0.6 is 0 Å². The number of carbonyl (C=O) groups excluding carboxylic acids is 1. The highest BCUT2D eigenvalue weighted by molar-refractivity contribution is 5.89. The molecule has 0 aromatic heterocycles. The van der Waals surface area contributed by atoms with Crippen molar-refractivity contribution < 1.29 is 14.3 Å². The third kappa shape index (κ3) is 3.34. The minimum absolute atomic E-state index is 0.252. The van der Waals surface area contributed by atoms with Crippen molar-refractivity contribution in [1.82, 2.24) is 5.32 Å². The molecule has 88 valence electrons. The van der Waals surface area contributed by atoms with Gasteiger partial charge in [0.15, 0.2) is 0 Å². The topological polar surface area (TPSA) is 59.6 Å². The lowest BCUT2D eigenvalue weighted by atomic mass is 10.3. The average molecular weight is 224 g/mol. The number of carbonyl (C=O) groups is 1. The number of rotatable bonds is 4. The van der Waals surface area contributed by atoms with E-state index < -0.39 is 0 Å². The lowest BCUT2D eigenvalue weighted by Gasteiger charge is -2.09. The van der Waals surface area contributed by atoms with Crippen LogP contribution in [0.5, 0.6) is 11.5 Å². The Balaban J connectivity index is 2.82. The van der Waals surface area contributed by atoms with Gasteiger partial charge in [-0.05, 0) is 6.92 Å². The number of methoxy groups -OCH3 is 2. The molecule has 0 atom stereocenters. The van der Waals surface area contributed by atoms with E-state index in [-0.39, 0.29) is 6.03 Å². The van der Waals surface area contributed by atoms with Crippen LogP contribution in [0.3, 0.4) is 0 Å². The van der Waals surface area contributed by atoms with Crippen molar-refractivity contribution in [3.8, 4) is 11.5 Å². The summed E-state index contributed by atoms with van der Waals surface area (Å²) in [4.78, 5) is 11.3. The third-order valence-electron chi connectivity index (χ3n) is 1.95. The predicted molar refractivity (Wildman–Crippen MR) is 62.2 cm³/mol. The van der Waals surface area contributed by atoms with Crippen LogP contribution in [0.15, 0.2) is 18.2 Å². The molecule has 2 N–H and O–H groups in total. The molecule has 0 aliphatic carbocycles. The van der Waals surface area contributed by atoms with Gasteiger partial charge in [0.1, 0.15) is 11.5 Å². The van der Waals surface area contributed by atoms with E-state index in [9.17, 15) is 4.79 Å². The van der Waals surface area contributed by atoms with E-state index in [1.54, 1.807) is 32.4 Å². The largest absolute Gasteiger partial charge is 0.497 e. The molecule has 2 amide bonds. The lowest BCUT2D eigenvalue weighted by Crippen LogP contribution is -2.28. The smallest absolute Gasteiger partial charge is 0.319 e. The Kier molecular flexibility index (Phi) is 4.44. The van der Waals surface area contributed by atoms with Crippen LogP contribution in [0.25, 0.3) is 0 Å². The van der Waals surface area contributed by atoms with Gasteiger partial charge in [0, 0.05) is 30.4 Å². The zero-order valence-corrected chi connectivity index (χ0v) is 9.66. The third-order valence-corrected chi connectivity index (χ3v) is 1.95. The van der Waals surface area contributed by atoms with Crippen molar-refractivity contribution in [2.45, 2.75) is 6.92 Å². The second-order valence-electron chi connectivity index (χ2n) is 3.09.